The van der Waals surface area contributed by atoms with E-state index < -0.39 is 5.82 Å². The molecule has 0 saturated heterocycles. The summed E-state index contributed by atoms with van der Waals surface area (Å²) in [7, 11) is 2.56. The maximum atomic E-state index is 13.3. The second kappa shape index (κ2) is 4.71. The molecule has 15 heavy (non-hydrogen) atoms. The number of carbonyl (C=O) groups is 1. The van der Waals surface area contributed by atoms with Crippen LogP contribution in [0.3, 0.4) is 0 Å². The van der Waals surface area contributed by atoms with Crippen LogP contribution in [0.2, 0.25) is 0 Å². The Bertz CT molecular complexity index is 390. The molecule has 0 aromatic heterocycles. The first-order chi connectivity index (χ1) is 6.97. The maximum absolute atomic E-state index is 13.3. The van der Waals surface area contributed by atoms with Crippen molar-refractivity contribution in [2.75, 3.05) is 0 Å². The van der Waals surface area contributed by atoms with Crippen molar-refractivity contribution >= 4 is 15.0 Å². The Hall–Kier alpha value is -0.950. The van der Waals surface area contributed by atoms with E-state index in [0.717, 1.165) is 12.5 Å². The molecule has 0 fully saturated rings. The summed E-state index contributed by atoms with van der Waals surface area (Å²) >= 11 is 0. The van der Waals surface area contributed by atoms with Crippen molar-refractivity contribution in [2.45, 2.75) is 25.9 Å². The van der Waals surface area contributed by atoms with Crippen molar-refractivity contribution in [2.24, 2.45) is 0 Å². The zero-order chi connectivity index (χ0) is 11.6. The molecule has 0 aliphatic heterocycles. The second-order valence-corrected chi connectivity index (χ2v) is 4.27. The molecule has 1 rings (SSSR count). The molecule has 0 aliphatic rings. The highest BCUT2D eigenvalue weighted by Crippen LogP contribution is 2.34. The minimum atomic E-state index is -0.669. The van der Waals surface area contributed by atoms with E-state index in [1.54, 1.807) is 0 Å². The molecule has 82 valence electrons. The lowest BCUT2D eigenvalue weighted by Gasteiger charge is -2.12. The van der Waals surface area contributed by atoms with Gasteiger partial charge in [-0.1, -0.05) is 6.92 Å². The third-order valence-electron chi connectivity index (χ3n) is 2.33. The molecule has 1 aromatic carbocycles. The number of rotatable bonds is 3. The number of phenols is 1. The number of halogens is 1. The van der Waals surface area contributed by atoms with Gasteiger partial charge in [-0.25, -0.2) is 4.39 Å². The summed E-state index contributed by atoms with van der Waals surface area (Å²) in [4.78, 5) is 11.1. The summed E-state index contributed by atoms with van der Waals surface area (Å²) in [6.45, 7) is 3.26. The predicted molar refractivity (Wildman–Crippen MR) is 60.8 cm³/mol. The van der Waals surface area contributed by atoms with Gasteiger partial charge in [0.05, 0.1) is 5.56 Å². The van der Waals surface area contributed by atoms with Crippen LogP contribution in [0.25, 0.3) is 0 Å². The number of aromatic hydroxyl groups is 1. The van der Waals surface area contributed by atoms with Crippen LogP contribution in [0.1, 0.15) is 41.8 Å². The number of carbonyl (C=O) groups excluding carboxylic acids is 1. The van der Waals surface area contributed by atoms with E-state index in [9.17, 15) is 14.3 Å². The zero-order valence-corrected chi connectivity index (χ0v) is 9.90. The van der Waals surface area contributed by atoms with E-state index in [-0.39, 0.29) is 22.8 Å². The average molecular weight is 228 g/mol. The summed E-state index contributed by atoms with van der Waals surface area (Å²) in [5.74, 6) is -1.10. The van der Waals surface area contributed by atoms with Crippen molar-refractivity contribution in [1.29, 1.82) is 0 Å². The quantitative estimate of drug-likeness (QED) is 0.637. The molecule has 0 amide bonds. The van der Waals surface area contributed by atoms with Crippen molar-refractivity contribution in [3.05, 3.63) is 29.1 Å². The highest BCUT2D eigenvalue weighted by molar-refractivity contribution is 7.17. The van der Waals surface area contributed by atoms with Gasteiger partial charge >= 0.3 is 0 Å². The van der Waals surface area contributed by atoms with Gasteiger partial charge in [0, 0.05) is 17.3 Å². The van der Waals surface area contributed by atoms with E-state index >= 15 is 0 Å². The fourth-order valence-corrected chi connectivity index (χ4v) is 1.63. The van der Waals surface area contributed by atoms with Crippen molar-refractivity contribution < 1.29 is 14.3 Å². The Morgan fingerprint density at radius 3 is 2.67 bits per heavy atom. The first kappa shape index (κ1) is 12.1. The monoisotopic (exact) mass is 228 g/mol. The van der Waals surface area contributed by atoms with Gasteiger partial charge in [0.2, 0.25) is 0 Å². The number of ketones is 1. The van der Waals surface area contributed by atoms with Crippen molar-refractivity contribution in [3.63, 3.8) is 0 Å². The van der Waals surface area contributed by atoms with Gasteiger partial charge < -0.3 is 5.11 Å². The van der Waals surface area contributed by atoms with Crippen LogP contribution in [0.15, 0.2) is 12.1 Å². The molecule has 2 atom stereocenters. The Labute approximate surface area is 90.7 Å². The number of hydrogen-bond donors (Lipinski definition) is 1. The van der Waals surface area contributed by atoms with Crippen molar-refractivity contribution in [1.82, 2.24) is 0 Å². The largest absolute Gasteiger partial charge is 0.508 e. The van der Waals surface area contributed by atoms with E-state index in [0.29, 0.717) is 5.56 Å². The number of phenolic OH excluding ortho intramolecular Hbond substituents is 1. The number of Topliss-reactive ketones (excluding diaryl/α,β-unsaturated/α-hetero) is 1. The summed E-state index contributed by atoms with van der Waals surface area (Å²) in [6.07, 6.45) is 0.793. The highest BCUT2D eigenvalue weighted by atomic mass is 31.0. The molecular weight excluding hydrogens is 214 g/mol. The molecule has 0 spiro atoms. The fourth-order valence-electron chi connectivity index (χ4n) is 1.37. The lowest BCUT2D eigenvalue weighted by atomic mass is 10.0. The van der Waals surface area contributed by atoms with Crippen LogP contribution in [0.4, 0.5) is 4.39 Å². The summed E-state index contributed by atoms with van der Waals surface area (Å²) in [5.41, 5.74) is 0.654. The standard InChI is InChI=1S/C11H14FO2P/c1-3-11(15)8-4-7(6(2)13)9(12)5-10(8)14/h4-5,11,14H,3,15H2,1-2H3. The number of hydrogen-bond acceptors (Lipinski definition) is 2. The average Bonchev–Trinajstić information content (AvgIpc) is 2.16. The third-order valence-corrected chi connectivity index (χ3v) is 3.17. The van der Waals surface area contributed by atoms with E-state index in [2.05, 4.69) is 9.24 Å². The molecule has 0 bridgehead atoms. The molecule has 4 heteroatoms. The third kappa shape index (κ3) is 2.54. The first-order valence-corrected chi connectivity index (χ1v) is 5.43. The van der Waals surface area contributed by atoms with Gasteiger partial charge in [-0.15, -0.1) is 9.24 Å². The van der Waals surface area contributed by atoms with E-state index in [1.807, 2.05) is 6.92 Å². The molecule has 1 aromatic rings. The minimum absolute atomic E-state index is 0.0312. The lowest BCUT2D eigenvalue weighted by molar-refractivity contribution is 0.101. The van der Waals surface area contributed by atoms with Crippen LogP contribution in [-0.4, -0.2) is 10.9 Å². The first-order valence-electron chi connectivity index (χ1n) is 4.76. The van der Waals surface area contributed by atoms with Crippen molar-refractivity contribution in [3.8, 4) is 5.75 Å². The molecule has 0 radical (unpaired) electrons. The SMILES string of the molecule is CCC(P)c1cc(C(C)=O)c(F)cc1O. The fraction of sp³-hybridized carbons (Fsp3) is 0.364. The minimum Gasteiger partial charge on any atom is -0.508 e. The molecule has 1 N–H and O–H groups in total. The predicted octanol–water partition coefficient (Wildman–Crippen LogP) is 3.06. The topological polar surface area (TPSA) is 37.3 Å². The van der Waals surface area contributed by atoms with Gasteiger partial charge in [-0.3, -0.25) is 4.79 Å². The summed E-state index contributed by atoms with van der Waals surface area (Å²) < 4.78 is 13.3. The molecule has 0 heterocycles. The van der Waals surface area contributed by atoms with Gasteiger partial charge in [0.25, 0.3) is 0 Å². The smallest absolute Gasteiger partial charge is 0.162 e. The Morgan fingerprint density at radius 1 is 1.60 bits per heavy atom. The van der Waals surface area contributed by atoms with Crippen LogP contribution in [-0.2, 0) is 0 Å². The number of benzene rings is 1. The van der Waals surface area contributed by atoms with Crippen LogP contribution in [0, 0.1) is 5.82 Å². The second-order valence-electron chi connectivity index (χ2n) is 3.46. The molecule has 0 saturated carbocycles. The summed E-state index contributed by atoms with van der Waals surface area (Å²) in [6, 6.07) is 2.42. The van der Waals surface area contributed by atoms with Gasteiger partial charge in [-0.05, 0) is 19.4 Å². The van der Waals surface area contributed by atoms with E-state index in [4.69, 9.17) is 0 Å². The van der Waals surface area contributed by atoms with Gasteiger partial charge in [-0.2, -0.15) is 0 Å². The van der Waals surface area contributed by atoms with Crippen LogP contribution in [0.5, 0.6) is 5.75 Å². The van der Waals surface area contributed by atoms with Gasteiger partial charge in [0.15, 0.2) is 5.78 Å². The Morgan fingerprint density at radius 2 is 2.20 bits per heavy atom. The molecule has 2 nitrogen and oxygen atoms in total. The van der Waals surface area contributed by atoms with E-state index in [1.165, 1.54) is 13.0 Å². The Kier molecular flexibility index (Phi) is 3.81. The molecule has 0 aliphatic carbocycles. The van der Waals surface area contributed by atoms with Crippen LogP contribution >= 0.6 is 9.24 Å². The normalized spacial score (nSPS) is 12.5. The maximum Gasteiger partial charge on any atom is 0.162 e. The highest BCUT2D eigenvalue weighted by Gasteiger charge is 2.15. The Balaban J connectivity index is 3.29. The molecular formula is C11H14FO2P. The van der Waals surface area contributed by atoms with Gasteiger partial charge in [0.1, 0.15) is 11.6 Å². The molecule has 2 unspecified atom stereocenters. The lowest BCUT2D eigenvalue weighted by Crippen LogP contribution is -2.00. The summed E-state index contributed by atoms with van der Waals surface area (Å²) in [5, 5.41) is 9.53. The zero-order valence-electron chi connectivity index (χ0n) is 8.75. The van der Waals surface area contributed by atoms with Crippen LogP contribution < -0.4 is 0 Å².